The van der Waals surface area contributed by atoms with Crippen LogP contribution in [0.5, 0.6) is 0 Å². The molecule has 1 aliphatic heterocycles. The Morgan fingerprint density at radius 2 is 1.69 bits per heavy atom. The number of rotatable bonds is 4. The van der Waals surface area contributed by atoms with Gasteiger partial charge in [-0.15, -0.1) is 0 Å². The molecule has 0 unspecified atom stereocenters. The molecule has 2 aromatic rings. The van der Waals surface area contributed by atoms with Crippen LogP contribution >= 0.6 is 0 Å². The first kappa shape index (κ1) is 17.7. The van der Waals surface area contributed by atoms with Gasteiger partial charge >= 0.3 is 0 Å². The van der Waals surface area contributed by atoms with Crippen LogP contribution in [-0.4, -0.2) is 60.2 Å². The minimum absolute atomic E-state index is 0.103. The summed E-state index contributed by atoms with van der Waals surface area (Å²) >= 11 is 0. The highest BCUT2D eigenvalue weighted by Crippen LogP contribution is 2.10. The molecule has 3 rings (SSSR count). The van der Waals surface area contributed by atoms with Gasteiger partial charge in [0.05, 0.1) is 18.4 Å². The summed E-state index contributed by atoms with van der Waals surface area (Å²) in [6.07, 6.45) is 1.44. The fourth-order valence-electron chi connectivity index (χ4n) is 2.72. The van der Waals surface area contributed by atoms with Crippen LogP contribution in [-0.2, 0) is 4.79 Å². The summed E-state index contributed by atoms with van der Waals surface area (Å²) in [5, 5.41) is 2.43. The molecule has 0 bridgehead atoms. The van der Waals surface area contributed by atoms with Gasteiger partial charge in [-0.25, -0.2) is 4.39 Å². The summed E-state index contributed by atoms with van der Waals surface area (Å²) in [5.74, 6) is -1.50. The molecule has 0 spiro atoms. The molecular weight excluding hydrogens is 341 g/mol. The van der Waals surface area contributed by atoms with Crippen molar-refractivity contribution in [2.75, 3.05) is 32.7 Å². The van der Waals surface area contributed by atoms with Crippen LogP contribution in [0.3, 0.4) is 0 Å². The van der Waals surface area contributed by atoms with Crippen LogP contribution in [0.15, 0.2) is 47.1 Å². The highest BCUT2D eigenvalue weighted by Gasteiger charge is 2.26. The lowest BCUT2D eigenvalue weighted by Crippen LogP contribution is -2.52. The molecule has 1 N–H and O–H groups in total. The maximum absolute atomic E-state index is 13.6. The zero-order valence-corrected chi connectivity index (χ0v) is 14.0. The van der Waals surface area contributed by atoms with E-state index in [-0.39, 0.29) is 29.7 Å². The Morgan fingerprint density at radius 1 is 1.00 bits per heavy atom. The SMILES string of the molecule is O=C(NCC(=O)N1CCN(C(=O)c2ccco2)CC1)c1ccccc1F. The average Bonchev–Trinajstić information content (AvgIpc) is 3.20. The summed E-state index contributed by atoms with van der Waals surface area (Å²) < 4.78 is 18.6. The van der Waals surface area contributed by atoms with E-state index in [9.17, 15) is 18.8 Å². The lowest BCUT2D eigenvalue weighted by Gasteiger charge is -2.34. The number of amides is 3. The number of hydrogen-bond acceptors (Lipinski definition) is 4. The van der Waals surface area contributed by atoms with Gasteiger partial charge in [-0.3, -0.25) is 14.4 Å². The van der Waals surface area contributed by atoms with E-state index >= 15 is 0 Å². The Labute approximate surface area is 149 Å². The molecule has 8 heteroatoms. The number of hydrogen-bond donors (Lipinski definition) is 1. The second-order valence-electron chi connectivity index (χ2n) is 5.81. The van der Waals surface area contributed by atoms with Crippen molar-refractivity contribution in [2.24, 2.45) is 0 Å². The van der Waals surface area contributed by atoms with Crippen LogP contribution in [0.25, 0.3) is 0 Å². The largest absolute Gasteiger partial charge is 0.459 e. The van der Waals surface area contributed by atoms with Crippen LogP contribution in [0.1, 0.15) is 20.9 Å². The van der Waals surface area contributed by atoms with Gasteiger partial charge < -0.3 is 19.5 Å². The van der Waals surface area contributed by atoms with Crippen LogP contribution in [0.2, 0.25) is 0 Å². The molecule has 3 amide bonds. The topological polar surface area (TPSA) is 82.9 Å². The van der Waals surface area contributed by atoms with Gasteiger partial charge in [-0.2, -0.15) is 0 Å². The predicted molar refractivity (Wildman–Crippen MR) is 89.9 cm³/mol. The van der Waals surface area contributed by atoms with Crippen molar-refractivity contribution in [1.29, 1.82) is 0 Å². The summed E-state index contributed by atoms with van der Waals surface area (Å²) in [6.45, 7) is 1.26. The number of furan rings is 1. The molecular formula is C18H18FN3O4. The molecule has 1 saturated heterocycles. The van der Waals surface area contributed by atoms with Gasteiger partial charge in [-0.05, 0) is 24.3 Å². The number of carbonyl (C=O) groups is 3. The quantitative estimate of drug-likeness (QED) is 0.887. The fourth-order valence-corrected chi connectivity index (χ4v) is 2.72. The predicted octanol–water partition coefficient (Wildman–Crippen LogP) is 1.13. The summed E-state index contributed by atoms with van der Waals surface area (Å²) in [6, 6.07) is 8.82. The maximum atomic E-state index is 13.6. The molecule has 1 aliphatic rings. The van der Waals surface area contributed by atoms with Gasteiger partial charge in [-0.1, -0.05) is 12.1 Å². The lowest BCUT2D eigenvalue weighted by atomic mass is 10.2. The number of carbonyl (C=O) groups excluding carboxylic acids is 3. The minimum atomic E-state index is -0.637. The third kappa shape index (κ3) is 3.90. The van der Waals surface area contributed by atoms with Crippen molar-refractivity contribution in [3.05, 3.63) is 59.8 Å². The molecule has 0 aliphatic carbocycles. The second kappa shape index (κ2) is 7.81. The molecule has 0 radical (unpaired) electrons. The van der Waals surface area contributed by atoms with E-state index in [0.717, 1.165) is 0 Å². The van der Waals surface area contributed by atoms with Crippen molar-refractivity contribution >= 4 is 17.7 Å². The van der Waals surface area contributed by atoms with E-state index in [2.05, 4.69) is 5.32 Å². The van der Waals surface area contributed by atoms with E-state index in [1.165, 1.54) is 24.5 Å². The van der Waals surface area contributed by atoms with Gasteiger partial charge in [0.1, 0.15) is 5.82 Å². The third-order valence-corrected chi connectivity index (χ3v) is 4.17. The van der Waals surface area contributed by atoms with E-state index in [1.54, 1.807) is 28.0 Å². The van der Waals surface area contributed by atoms with E-state index in [4.69, 9.17) is 4.42 Å². The Bertz CT molecular complexity index is 799. The molecule has 1 fully saturated rings. The van der Waals surface area contributed by atoms with Gasteiger partial charge in [0.15, 0.2) is 5.76 Å². The molecule has 26 heavy (non-hydrogen) atoms. The van der Waals surface area contributed by atoms with Crippen LogP contribution in [0, 0.1) is 5.82 Å². The number of nitrogens with zero attached hydrogens (tertiary/aromatic N) is 2. The number of nitrogens with one attached hydrogen (secondary N) is 1. The van der Waals surface area contributed by atoms with E-state index in [1.807, 2.05) is 0 Å². The van der Waals surface area contributed by atoms with E-state index < -0.39 is 11.7 Å². The molecule has 0 saturated carbocycles. The summed E-state index contributed by atoms with van der Waals surface area (Å²) in [5.41, 5.74) is -0.103. The number of benzene rings is 1. The van der Waals surface area contributed by atoms with Crippen molar-refractivity contribution in [1.82, 2.24) is 15.1 Å². The summed E-state index contributed by atoms with van der Waals surface area (Å²) in [7, 11) is 0. The molecule has 136 valence electrons. The number of halogens is 1. The van der Waals surface area contributed by atoms with Gasteiger partial charge in [0.25, 0.3) is 11.8 Å². The third-order valence-electron chi connectivity index (χ3n) is 4.17. The van der Waals surface area contributed by atoms with Gasteiger partial charge in [0, 0.05) is 26.2 Å². The average molecular weight is 359 g/mol. The molecule has 7 nitrogen and oxygen atoms in total. The van der Waals surface area contributed by atoms with Crippen LogP contribution < -0.4 is 5.32 Å². The van der Waals surface area contributed by atoms with Crippen molar-refractivity contribution in [3.63, 3.8) is 0 Å². The highest BCUT2D eigenvalue weighted by molar-refractivity contribution is 5.96. The molecule has 2 heterocycles. The Hall–Kier alpha value is -3.16. The summed E-state index contributed by atoms with van der Waals surface area (Å²) in [4.78, 5) is 39.5. The normalized spacial score (nSPS) is 14.2. The van der Waals surface area contributed by atoms with Crippen molar-refractivity contribution < 1.29 is 23.2 Å². The Morgan fingerprint density at radius 3 is 2.35 bits per heavy atom. The van der Waals surface area contributed by atoms with Crippen LogP contribution in [0.4, 0.5) is 4.39 Å². The van der Waals surface area contributed by atoms with Gasteiger partial charge in [0.2, 0.25) is 5.91 Å². The smallest absolute Gasteiger partial charge is 0.289 e. The first-order valence-electron chi connectivity index (χ1n) is 8.19. The Balaban J connectivity index is 1.47. The number of piperazine rings is 1. The molecule has 1 aromatic heterocycles. The molecule has 1 aromatic carbocycles. The standard InChI is InChI=1S/C18H18FN3O4/c19-14-5-2-1-4-13(14)17(24)20-12-16(23)21-7-9-22(10-8-21)18(25)15-6-3-11-26-15/h1-6,11H,7-10,12H2,(H,20,24). The molecule has 0 atom stereocenters. The zero-order valence-electron chi connectivity index (χ0n) is 14.0. The fraction of sp³-hybridized carbons (Fsp3) is 0.278. The Kier molecular flexibility index (Phi) is 5.31. The monoisotopic (exact) mass is 359 g/mol. The first-order valence-corrected chi connectivity index (χ1v) is 8.19. The first-order chi connectivity index (χ1) is 12.6. The van der Waals surface area contributed by atoms with E-state index in [0.29, 0.717) is 26.2 Å². The van der Waals surface area contributed by atoms with Crippen molar-refractivity contribution in [3.8, 4) is 0 Å². The maximum Gasteiger partial charge on any atom is 0.289 e. The zero-order chi connectivity index (χ0) is 18.5. The minimum Gasteiger partial charge on any atom is -0.459 e. The lowest BCUT2D eigenvalue weighted by molar-refractivity contribution is -0.131. The second-order valence-corrected chi connectivity index (χ2v) is 5.81. The highest BCUT2D eigenvalue weighted by atomic mass is 19.1. The van der Waals surface area contributed by atoms with Crippen molar-refractivity contribution in [2.45, 2.75) is 0 Å².